The number of esters is 1. The van der Waals surface area contributed by atoms with Gasteiger partial charge in [0.1, 0.15) is 0 Å². The number of rotatable bonds is 4. The first-order valence-electron chi connectivity index (χ1n) is 6.37. The zero-order valence-corrected chi connectivity index (χ0v) is 11.0. The monoisotopic (exact) mass is 265 g/mol. The zero-order valence-electron chi connectivity index (χ0n) is 11.0. The molecule has 0 amide bonds. The Balaban J connectivity index is 2.19. The number of nitrogen functional groups attached to an aromatic ring is 1. The largest absolute Gasteiger partial charge is 0.462 e. The van der Waals surface area contributed by atoms with Crippen LogP contribution in [0.15, 0.2) is 18.2 Å². The molecule has 19 heavy (non-hydrogen) atoms. The summed E-state index contributed by atoms with van der Waals surface area (Å²) in [5.41, 5.74) is 10.7. The minimum atomic E-state index is -0.370. The van der Waals surface area contributed by atoms with Crippen molar-refractivity contribution in [3.63, 3.8) is 0 Å². The summed E-state index contributed by atoms with van der Waals surface area (Å²) in [5.74, 6) is -0.370. The molecular weight excluding hydrogens is 246 g/mol. The maximum atomic E-state index is 11.9. The van der Waals surface area contributed by atoms with E-state index in [1.54, 1.807) is 25.1 Å². The van der Waals surface area contributed by atoms with Crippen molar-refractivity contribution < 1.29 is 14.3 Å². The Morgan fingerprint density at radius 1 is 1.47 bits per heavy atom. The maximum absolute atomic E-state index is 11.9. The molecule has 0 spiro atoms. The fourth-order valence-corrected chi connectivity index (χ4v) is 1.91. The molecule has 0 aliphatic carbocycles. The molecule has 1 aromatic carbocycles. The fourth-order valence-electron chi connectivity index (χ4n) is 1.91. The van der Waals surface area contributed by atoms with Gasteiger partial charge in [-0.3, -0.25) is 0 Å². The molecule has 1 aliphatic rings. The van der Waals surface area contributed by atoms with E-state index >= 15 is 0 Å². The van der Waals surface area contributed by atoms with E-state index in [4.69, 9.17) is 15.2 Å². The summed E-state index contributed by atoms with van der Waals surface area (Å²) in [6.07, 6.45) is 0. The summed E-state index contributed by atoms with van der Waals surface area (Å²) in [6, 6.07) is 5.20. The van der Waals surface area contributed by atoms with Crippen LogP contribution in [0.4, 0.5) is 11.4 Å². The molecule has 1 saturated heterocycles. The van der Waals surface area contributed by atoms with Gasteiger partial charge in [0, 0.05) is 13.1 Å². The quantitative estimate of drug-likeness (QED) is 0.627. The van der Waals surface area contributed by atoms with Gasteiger partial charge < -0.3 is 20.6 Å². The number of carbonyl (C=O) groups is 1. The van der Waals surface area contributed by atoms with Crippen molar-refractivity contribution in [1.82, 2.24) is 5.01 Å². The third-order valence-corrected chi connectivity index (χ3v) is 2.87. The van der Waals surface area contributed by atoms with Crippen molar-refractivity contribution in [2.75, 3.05) is 44.1 Å². The van der Waals surface area contributed by atoms with Gasteiger partial charge in [-0.1, -0.05) is 6.07 Å². The zero-order chi connectivity index (χ0) is 13.7. The van der Waals surface area contributed by atoms with E-state index in [0.29, 0.717) is 36.8 Å². The number of nitrogens with two attached hydrogens (primary N) is 1. The lowest BCUT2D eigenvalue weighted by Gasteiger charge is -2.29. The molecule has 3 N–H and O–H groups in total. The van der Waals surface area contributed by atoms with Crippen LogP contribution >= 0.6 is 0 Å². The second-order valence-electron chi connectivity index (χ2n) is 4.20. The van der Waals surface area contributed by atoms with Crippen molar-refractivity contribution in [3.8, 4) is 0 Å². The standard InChI is InChI=1S/C13H19N3O3/c1-2-19-13(17)10-4-3-5-11(14)12(10)15-16-6-8-18-9-7-16/h3-5,15H,2,6-9,14H2,1H3. The smallest absolute Gasteiger partial charge is 0.340 e. The summed E-state index contributed by atoms with van der Waals surface area (Å²) < 4.78 is 10.3. The Labute approximate surface area is 112 Å². The molecule has 0 aromatic heterocycles. The van der Waals surface area contributed by atoms with Crippen molar-refractivity contribution in [2.45, 2.75) is 6.92 Å². The van der Waals surface area contributed by atoms with E-state index in [2.05, 4.69) is 5.43 Å². The number of anilines is 2. The first-order chi connectivity index (χ1) is 9.22. The highest BCUT2D eigenvalue weighted by atomic mass is 16.5. The molecule has 0 bridgehead atoms. The summed E-state index contributed by atoms with van der Waals surface area (Å²) in [5, 5.41) is 1.98. The minimum absolute atomic E-state index is 0.338. The molecule has 0 atom stereocenters. The van der Waals surface area contributed by atoms with E-state index in [1.807, 2.05) is 5.01 Å². The Morgan fingerprint density at radius 3 is 2.89 bits per heavy atom. The number of ether oxygens (including phenoxy) is 2. The van der Waals surface area contributed by atoms with Gasteiger partial charge in [-0.25, -0.2) is 9.80 Å². The summed E-state index contributed by atoms with van der Waals surface area (Å²) in [4.78, 5) is 11.9. The van der Waals surface area contributed by atoms with Gasteiger partial charge in [-0.15, -0.1) is 0 Å². The first-order valence-corrected chi connectivity index (χ1v) is 6.37. The highest BCUT2D eigenvalue weighted by Gasteiger charge is 2.18. The van der Waals surface area contributed by atoms with Crippen molar-refractivity contribution in [2.24, 2.45) is 0 Å². The van der Waals surface area contributed by atoms with Gasteiger partial charge in [-0.05, 0) is 19.1 Å². The number of nitrogens with one attached hydrogen (secondary N) is 1. The number of hydrogen-bond donors (Lipinski definition) is 2. The van der Waals surface area contributed by atoms with Crippen LogP contribution in [0, 0.1) is 0 Å². The SMILES string of the molecule is CCOC(=O)c1cccc(N)c1NN1CCOCC1. The van der Waals surface area contributed by atoms with Crippen LogP contribution in [0.5, 0.6) is 0 Å². The van der Waals surface area contributed by atoms with Gasteiger partial charge >= 0.3 is 5.97 Å². The van der Waals surface area contributed by atoms with Gasteiger partial charge in [0.05, 0.1) is 36.8 Å². The van der Waals surface area contributed by atoms with Crippen LogP contribution in [-0.2, 0) is 9.47 Å². The lowest BCUT2D eigenvalue weighted by atomic mass is 10.1. The molecule has 1 fully saturated rings. The average Bonchev–Trinajstić information content (AvgIpc) is 2.42. The number of benzene rings is 1. The van der Waals surface area contributed by atoms with Crippen LogP contribution in [0.2, 0.25) is 0 Å². The average molecular weight is 265 g/mol. The lowest BCUT2D eigenvalue weighted by Crippen LogP contribution is -2.40. The second-order valence-corrected chi connectivity index (χ2v) is 4.20. The Kier molecular flexibility index (Phi) is 4.59. The third kappa shape index (κ3) is 3.36. The summed E-state index contributed by atoms with van der Waals surface area (Å²) in [6.45, 7) is 4.93. The second kappa shape index (κ2) is 6.40. The summed E-state index contributed by atoms with van der Waals surface area (Å²) >= 11 is 0. The van der Waals surface area contributed by atoms with Crippen LogP contribution in [0.1, 0.15) is 17.3 Å². The molecule has 2 rings (SSSR count). The number of morpholine rings is 1. The summed E-state index contributed by atoms with van der Waals surface area (Å²) in [7, 11) is 0. The third-order valence-electron chi connectivity index (χ3n) is 2.87. The predicted molar refractivity (Wildman–Crippen MR) is 72.8 cm³/mol. The Morgan fingerprint density at radius 2 is 2.21 bits per heavy atom. The Hall–Kier alpha value is -1.79. The van der Waals surface area contributed by atoms with Crippen molar-refractivity contribution >= 4 is 17.3 Å². The predicted octanol–water partition coefficient (Wildman–Crippen LogP) is 1.10. The molecule has 0 radical (unpaired) electrons. The fraction of sp³-hybridized carbons (Fsp3) is 0.462. The number of hydrazine groups is 1. The van der Waals surface area contributed by atoms with E-state index < -0.39 is 0 Å². The van der Waals surface area contributed by atoms with Crippen LogP contribution < -0.4 is 11.2 Å². The number of hydrogen-bond acceptors (Lipinski definition) is 6. The lowest BCUT2D eigenvalue weighted by molar-refractivity contribution is 0.0488. The van der Waals surface area contributed by atoms with Crippen LogP contribution in [0.3, 0.4) is 0 Å². The van der Waals surface area contributed by atoms with Gasteiger partial charge in [0.2, 0.25) is 0 Å². The van der Waals surface area contributed by atoms with Crippen LogP contribution in [0.25, 0.3) is 0 Å². The molecule has 1 heterocycles. The van der Waals surface area contributed by atoms with Crippen molar-refractivity contribution in [1.29, 1.82) is 0 Å². The molecule has 6 nitrogen and oxygen atoms in total. The van der Waals surface area contributed by atoms with Crippen LogP contribution in [-0.4, -0.2) is 43.9 Å². The number of para-hydroxylation sites is 1. The molecule has 104 valence electrons. The minimum Gasteiger partial charge on any atom is -0.462 e. The molecule has 1 aliphatic heterocycles. The van der Waals surface area contributed by atoms with E-state index in [9.17, 15) is 4.79 Å². The molecule has 1 aromatic rings. The molecule has 6 heteroatoms. The molecule has 0 unspecified atom stereocenters. The first kappa shape index (κ1) is 13.6. The normalized spacial score (nSPS) is 16.1. The van der Waals surface area contributed by atoms with E-state index in [1.165, 1.54) is 0 Å². The molecular formula is C13H19N3O3. The Bertz CT molecular complexity index is 445. The number of carbonyl (C=O) groups excluding carboxylic acids is 1. The number of nitrogens with zero attached hydrogens (tertiary/aromatic N) is 1. The topological polar surface area (TPSA) is 76.8 Å². The highest BCUT2D eigenvalue weighted by Crippen LogP contribution is 2.25. The van der Waals surface area contributed by atoms with Gasteiger partial charge in [0.15, 0.2) is 0 Å². The van der Waals surface area contributed by atoms with Crippen molar-refractivity contribution in [3.05, 3.63) is 23.8 Å². The molecule has 0 saturated carbocycles. The van der Waals surface area contributed by atoms with Gasteiger partial charge in [-0.2, -0.15) is 0 Å². The van der Waals surface area contributed by atoms with E-state index in [-0.39, 0.29) is 5.97 Å². The highest BCUT2D eigenvalue weighted by molar-refractivity contribution is 5.98. The van der Waals surface area contributed by atoms with E-state index in [0.717, 1.165) is 13.1 Å². The maximum Gasteiger partial charge on any atom is 0.340 e. The van der Waals surface area contributed by atoms with Gasteiger partial charge in [0.25, 0.3) is 0 Å².